The summed E-state index contributed by atoms with van der Waals surface area (Å²) < 4.78 is 38.0. The molecule has 0 radical (unpaired) electrons. The summed E-state index contributed by atoms with van der Waals surface area (Å²) in [5, 5.41) is 23.2. The maximum atomic E-state index is 8.52. The molecule has 2 aromatic carbocycles. The predicted molar refractivity (Wildman–Crippen MR) is 168 cm³/mol. The van der Waals surface area contributed by atoms with Crippen molar-refractivity contribution < 1.29 is 26.7 Å². The maximum Gasteiger partial charge on any atom is 0.408 e. The normalized spacial score (nSPS) is 11.6. The highest BCUT2D eigenvalue weighted by atomic mass is 32.3. The quantitative estimate of drug-likeness (QED) is 0.0567. The number of nitrogens with zero attached hydrogens (tertiary/aromatic N) is 8. The molecule has 12 nitrogen and oxygen atoms in total. The van der Waals surface area contributed by atoms with Crippen LogP contribution in [0.15, 0.2) is 92.1 Å². The Morgan fingerprint density at radius 2 is 1.02 bits per heavy atom. The van der Waals surface area contributed by atoms with Gasteiger partial charge in [-0.25, -0.2) is 9.13 Å². The fourth-order valence-electron chi connectivity index (χ4n) is 4.05. The second-order valence-electron chi connectivity index (χ2n) is 9.30. The summed E-state index contributed by atoms with van der Waals surface area (Å²) in [5.74, 6) is 0. The second kappa shape index (κ2) is 16.9. The van der Waals surface area contributed by atoms with Gasteiger partial charge in [0.05, 0.1) is 24.3 Å². The van der Waals surface area contributed by atoms with Crippen LogP contribution in [-0.4, -0.2) is 43.7 Å². The minimum Gasteiger partial charge on any atom is -0.759 e. The van der Waals surface area contributed by atoms with E-state index >= 15 is 0 Å². The van der Waals surface area contributed by atoms with Crippen molar-refractivity contribution in [1.29, 1.82) is 0 Å². The smallest absolute Gasteiger partial charge is 0.408 e. The number of thiazole rings is 2. The monoisotopic (exact) mass is 644 g/mol. The molecule has 15 heteroatoms. The Kier molecular flexibility index (Phi) is 13.3. The first kappa shape index (κ1) is 33.9. The van der Waals surface area contributed by atoms with Gasteiger partial charge in [0.15, 0.2) is 0 Å². The van der Waals surface area contributed by atoms with E-state index in [1.807, 2.05) is 70.6 Å². The van der Waals surface area contributed by atoms with E-state index in [9.17, 15) is 0 Å². The molecule has 230 valence electrons. The van der Waals surface area contributed by atoms with Crippen molar-refractivity contribution in [3.05, 3.63) is 71.7 Å². The largest absolute Gasteiger partial charge is 0.759 e. The number of benzene rings is 2. The molecule has 0 atom stereocenters. The van der Waals surface area contributed by atoms with Crippen LogP contribution in [0.1, 0.15) is 26.7 Å². The highest BCUT2D eigenvalue weighted by Crippen LogP contribution is 2.24. The molecule has 0 saturated heterocycles. The molecule has 4 aromatic rings. The van der Waals surface area contributed by atoms with Gasteiger partial charge in [-0.3, -0.25) is 8.42 Å². The van der Waals surface area contributed by atoms with E-state index in [4.69, 9.17) is 17.5 Å². The van der Waals surface area contributed by atoms with Crippen molar-refractivity contribution in [3.63, 3.8) is 0 Å². The van der Waals surface area contributed by atoms with E-state index in [1.165, 1.54) is 11.4 Å². The van der Waals surface area contributed by atoms with Crippen molar-refractivity contribution in [2.75, 3.05) is 36.0 Å². The summed E-state index contributed by atoms with van der Waals surface area (Å²) in [7, 11) is -1.21. The van der Waals surface area contributed by atoms with Gasteiger partial charge in [0.2, 0.25) is 0 Å². The van der Waals surface area contributed by atoms with Gasteiger partial charge in [0.25, 0.3) is 0 Å². The molecular formula is C28H36N8O4S3. The first-order valence-electron chi connectivity index (χ1n) is 13.6. The summed E-state index contributed by atoms with van der Waals surface area (Å²) in [6, 6.07) is 16.7. The van der Waals surface area contributed by atoms with Gasteiger partial charge in [-0.1, -0.05) is 0 Å². The number of rotatable bonds is 13. The van der Waals surface area contributed by atoms with Crippen molar-refractivity contribution >= 4 is 66.1 Å². The third-order valence-electron chi connectivity index (χ3n) is 6.32. The number of aromatic nitrogens is 2. The molecule has 0 unspecified atom stereocenters. The summed E-state index contributed by atoms with van der Waals surface area (Å²) in [6.45, 7) is 8.42. The Hall–Kier alpha value is -3.63. The number of hydrogen-bond donors (Lipinski definition) is 0. The van der Waals surface area contributed by atoms with E-state index in [0.717, 1.165) is 60.7 Å². The van der Waals surface area contributed by atoms with E-state index in [2.05, 4.69) is 68.4 Å². The zero-order chi connectivity index (χ0) is 31.2. The number of hydrogen-bond acceptors (Lipinski definition) is 12. The van der Waals surface area contributed by atoms with Gasteiger partial charge in [-0.05, 0) is 108 Å². The number of aryl methyl sites for hydroxylation is 2. The zero-order valence-corrected chi connectivity index (χ0v) is 27.1. The summed E-state index contributed by atoms with van der Waals surface area (Å²) in [5.41, 5.74) is 4.18. The van der Waals surface area contributed by atoms with Crippen LogP contribution >= 0.6 is 22.7 Å². The predicted octanol–water partition coefficient (Wildman–Crippen LogP) is 6.08. The second-order valence-corrected chi connectivity index (χ2v) is 11.9. The molecule has 0 aliphatic heterocycles. The van der Waals surface area contributed by atoms with Crippen LogP contribution in [0, 0.1) is 0 Å². The van der Waals surface area contributed by atoms with Crippen LogP contribution in [0.2, 0.25) is 0 Å². The fourth-order valence-corrected chi connectivity index (χ4v) is 5.41. The minimum absolute atomic E-state index is 0.866. The van der Waals surface area contributed by atoms with Crippen molar-refractivity contribution in [2.24, 2.45) is 34.6 Å². The summed E-state index contributed by atoms with van der Waals surface area (Å²) in [6.07, 6.45) is 6.23. The van der Waals surface area contributed by atoms with Gasteiger partial charge < -0.3 is 18.9 Å². The van der Waals surface area contributed by atoms with Crippen molar-refractivity contribution in [2.45, 2.75) is 26.7 Å². The highest BCUT2D eigenvalue weighted by Gasteiger charge is 2.10. The molecule has 0 spiro atoms. The van der Waals surface area contributed by atoms with Crippen LogP contribution in [-0.2, 0) is 24.5 Å². The molecule has 4 rings (SSSR count). The lowest BCUT2D eigenvalue weighted by atomic mass is 10.2. The van der Waals surface area contributed by atoms with Crippen LogP contribution in [0.3, 0.4) is 0 Å². The average Bonchev–Trinajstić information content (AvgIpc) is 3.59. The van der Waals surface area contributed by atoms with Gasteiger partial charge in [-0.15, -0.1) is 0 Å². The van der Waals surface area contributed by atoms with Gasteiger partial charge in [0.1, 0.15) is 23.8 Å². The van der Waals surface area contributed by atoms with Crippen LogP contribution < -0.4 is 18.9 Å². The average molecular weight is 645 g/mol. The summed E-state index contributed by atoms with van der Waals surface area (Å²) in [4.78, 5) is 4.84. The van der Waals surface area contributed by atoms with E-state index in [0.29, 0.717) is 0 Å². The number of unbranched alkanes of at least 4 members (excludes halogenated alkanes) is 1. The van der Waals surface area contributed by atoms with E-state index in [1.54, 1.807) is 22.7 Å². The zero-order valence-electron chi connectivity index (χ0n) is 24.6. The van der Waals surface area contributed by atoms with Crippen LogP contribution in [0.5, 0.6) is 0 Å². The minimum atomic E-state index is -5.17. The Morgan fingerprint density at radius 3 is 1.30 bits per heavy atom. The van der Waals surface area contributed by atoms with Gasteiger partial charge in [-0.2, -0.15) is 0 Å². The lowest BCUT2D eigenvalue weighted by molar-refractivity contribution is -0.654. The highest BCUT2D eigenvalue weighted by molar-refractivity contribution is 7.79. The van der Waals surface area contributed by atoms with Crippen LogP contribution in [0.25, 0.3) is 0 Å². The standard InChI is InChI=1S/C28H36N8S2.H2O4S/c1-5-35(25-13-9-23(10-14-25)29-31-27-33(3)19-21-37-27)17-7-8-18-36(6-2)26-15-11-24(12-16-26)30-32-28-34(4)20-22-38-28;1-5(2,3)4/h9-16,19-22H,5-8,17-18H2,1-4H3;(H2,1,2,3,4)/q+2;/p-2. The Morgan fingerprint density at radius 1 is 0.674 bits per heavy atom. The number of azo groups is 2. The lowest BCUT2D eigenvalue weighted by Crippen LogP contribution is -2.27. The third-order valence-corrected chi connectivity index (χ3v) is 8.00. The number of anilines is 2. The Balaban J connectivity index is 0.000000934. The lowest BCUT2D eigenvalue weighted by Gasteiger charge is -2.26. The van der Waals surface area contributed by atoms with Gasteiger partial charge in [0, 0.05) is 58.7 Å². The molecule has 2 heterocycles. The summed E-state index contributed by atoms with van der Waals surface area (Å²) >= 11 is 3.16. The Bertz CT molecular complexity index is 1460. The third kappa shape index (κ3) is 11.9. The fraction of sp³-hybridized carbons (Fsp3) is 0.357. The SMILES string of the molecule is CCN(CCCCN(CC)c1ccc(N=Nc2scc[n+]2C)cc1)c1ccc(N=Nc2scc[n+]2C)cc1.O=S(=O)([O-])[O-]. The van der Waals surface area contributed by atoms with E-state index in [-0.39, 0.29) is 0 Å². The topological polar surface area (TPSA) is 144 Å². The van der Waals surface area contributed by atoms with Gasteiger partial charge >= 0.3 is 10.3 Å². The molecule has 0 aliphatic rings. The molecule has 0 aliphatic carbocycles. The van der Waals surface area contributed by atoms with Crippen molar-refractivity contribution in [1.82, 2.24) is 0 Å². The first-order chi connectivity index (χ1) is 20.6. The Labute approximate surface area is 260 Å². The molecule has 0 amide bonds. The molecule has 43 heavy (non-hydrogen) atoms. The molecular weight excluding hydrogens is 609 g/mol. The molecule has 0 fully saturated rings. The molecule has 2 aromatic heterocycles. The first-order valence-corrected chi connectivity index (χ1v) is 16.7. The van der Waals surface area contributed by atoms with Crippen LogP contribution in [0.4, 0.5) is 33.0 Å². The molecule has 0 N–H and O–H groups in total. The molecule has 0 saturated carbocycles. The maximum absolute atomic E-state index is 8.52. The van der Waals surface area contributed by atoms with Crippen molar-refractivity contribution in [3.8, 4) is 0 Å². The van der Waals surface area contributed by atoms with E-state index < -0.39 is 10.4 Å². The molecule has 0 bridgehead atoms.